The maximum Gasteiger partial charge on any atom is -0.0000472 e. The van der Waals surface area contributed by atoms with Crippen molar-refractivity contribution in [1.29, 1.82) is 0 Å². The van der Waals surface area contributed by atoms with E-state index in [0.29, 0.717) is 29.6 Å². The fourth-order valence-electron chi connectivity index (χ4n) is 18.4. The van der Waals surface area contributed by atoms with Crippen molar-refractivity contribution in [2.24, 2.45) is 59.2 Å². The lowest BCUT2D eigenvalue weighted by Gasteiger charge is -2.30. The molecule has 0 amide bonds. The summed E-state index contributed by atoms with van der Waals surface area (Å²) in [6, 6.07) is 35.1. The fourth-order valence-corrected chi connectivity index (χ4v) is 18.4. The molecule has 0 bridgehead atoms. The smallest absolute Gasteiger partial charge is 0.0000472 e. The first-order chi connectivity index (χ1) is 44.3. The van der Waals surface area contributed by atoms with E-state index in [1.807, 2.05) is 0 Å². The molecule has 0 aromatic heterocycles. The number of aryl methyl sites for hydroxylation is 5. The van der Waals surface area contributed by atoms with Gasteiger partial charge in [-0.2, -0.15) is 0 Å². The Labute approximate surface area is 556 Å². The summed E-state index contributed by atoms with van der Waals surface area (Å²) in [5, 5.41) is 36.6. The van der Waals surface area contributed by atoms with Crippen molar-refractivity contribution in [3.8, 4) is 0 Å². The number of rotatable bonds is 35. The first-order valence-corrected chi connectivity index (χ1v) is 38.6. The third kappa shape index (κ3) is 12.7. The Morgan fingerprint density at radius 3 is 0.522 bits per heavy atom. The molecule has 486 valence electrons. The molecule has 0 aliphatic carbocycles. The predicted octanol–water partition coefficient (Wildman–Crippen LogP) is 29.1. The van der Waals surface area contributed by atoms with Crippen LogP contribution in [0, 0.1) is 59.2 Å². The van der Waals surface area contributed by atoms with Gasteiger partial charge in [0.25, 0.3) is 0 Å². The zero-order valence-electron chi connectivity index (χ0n) is 60.5. The molecule has 0 radical (unpaired) electrons. The Hall–Kier alpha value is -5.46. The third-order valence-electron chi connectivity index (χ3n) is 23.8. The lowest BCUT2D eigenvalue weighted by molar-refractivity contribution is 0.437. The molecule has 0 saturated carbocycles. The van der Waals surface area contributed by atoms with Crippen LogP contribution < -0.4 is 0 Å². The van der Waals surface area contributed by atoms with Crippen molar-refractivity contribution in [3.05, 3.63) is 107 Å². The maximum absolute atomic E-state index is 2.77. The lowest BCUT2D eigenvalue weighted by atomic mass is 9.72. The number of hydrogen-bond acceptors (Lipinski definition) is 0. The largest absolute Gasteiger partial charge is 0.0628 e. The summed E-state index contributed by atoms with van der Waals surface area (Å²) in [6.07, 6.45) is 31.8. The van der Waals surface area contributed by atoms with E-state index in [9.17, 15) is 0 Å². The van der Waals surface area contributed by atoms with Gasteiger partial charge in [-0.25, -0.2) is 0 Å². The Morgan fingerprint density at radius 1 is 0.185 bits per heavy atom. The molecule has 0 aliphatic heterocycles. The van der Waals surface area contributed by atoms with Crippen molar-refractivity contribution in [2.75, 3.05) is 0 Å². The first-order valence-electron chi connectivity index (χ1n) is 38.6. The molecule has 0 nitrogen and oxygen atoms in total. The fraction of sp³-hybridized carbons (Fsp3) is 0.543. The lowest BCUT2D eigenvalue weighted by Crippen LogP contribution is -2.04. The third-order valence-corrected chi connectivity index (χ3v) is 23.8. The van der Waals surface area contributed by atoms with Gasteiger partial charge in [-0.3, -0.25) is 0 Å². The highest BCUT2D eigenvalue weighted by Crippen LogP contribution is 2.61. The highest BCUT2D eigenvalue weighted by Gasteiger charge is 2.33. The SMILES string of the molecule is CC(C)CCCC(C)CCc1cc2c3cccc4c5cc(CCC(C)CCCC(C)C)cc6c7cc(CCC(C)CCCC(C)C)cc8c9cc(CCC(C)CCCC(C)C)cc%10c%11cc(CCC(C)CCCC(C)C)cc%12c(c1)c2c1c(c34)c(c56)c(c78)c(c%109)c1c%12%11. The second-order valence-corrected chi connectivity index (χ2v) is 34.2. The van der Waals surface area contributed by atoms with Gasteiger partial charge in [0, 0.05) is 0 Å². The Balaban J connectivity index is 1.13. The summed E-state index contributed by atoms with van der Waals surface area (Å²) in [6.45, 7) is 36.7. The van der Waals surface area contributed by atoms with Gasteiger partial charge in [-0.15, -0.1) is 0 Å². The van der Waals surface area contributed by atoms with E-state index in [1.54, 1.807) is 54.0 Å². The highest BCUT2D eigenvalue weighted by molar-refractivity contribution is 6.61. The molecule has 13 aromatic rings. The summed E-state index contributed by atoms with van der Waals surface area (Å²) < 4.78 is 0. The number of hydrogen-bond donors (Lipinski definition) is 0. The standard InChI is InChI=1S/C92H118/c1-54(2)22-16-27-59(11)34-39-64-44-71-69-32-21-33-70-72-45-65(40-35-60(12)28-17-23-55(3)4)47-74-76-49-67(42-37-62(14)30-19-25-57(7)8)51-78-80-53-68(43-38-63(15)31-20-26-58(9)10)52-79-77-50-66(41-36-61(13)29-18-24-56(5)6)48-75-73(46-64)82(71)88-87(81(69)70)89(83(72)74)91(85(76)78)92(86(79)80)90(88)84(75)77/h21,32-33,44-63H,16-20,22-31,34-43H2,1-15H3. The summed E-state index contributed by atoms with van der Waals surface area (Å²) >= 11 is 0. The van der Waals surface area contributed by atoms with Crippen LogP contribution in [0.25, 0.3) is 129 Å². The average molecular weight is 1220 g/mol. The van der Waals surface area contributed by atoms with E-state index in [2.05, 4.69) is 183 Å². The summed E-state index contributed by atoms with van der Waals surface area (Å²) in [7, 11) is 0. The predicted molar refractivity (Wildman–Crippen MR) is 415 cm³/mol. The van der Waals surface area contributed by atoms with Crippen LogP contribution in [0.2, 0.25) is 0 Å². The molecule has 0 fully saturated rings. The van der Waals surface area contributed by atoms with Crippen molar-refractivity contribution < 1.29 is 0 Å². The molecular weight excluding hydrogens is 1110 g/mol. The van der Waals surface area contributed by atoms with Crippen molar-refractivity contribution in [1.82, 2.24) is 0 Å². The Bertz CT molecular complexity index is 4300. The van der Waals surface area contributed by atoms with Gasteiger partial charge in [0.2, 0.25) is 0 Å². The average Bonchev–Trinajstić information content (AvgIpc) is 0.645. The van der Waals surface area contributed by atoms with E-state index in [0.717, 1.165) is 61.7 Å². The van der Waals surface area contributed by atoms with Gasteiger partial charge >= 0.3 is 0 Å². The topological polar surface area (TPSA) is 0 Å². The quantitative estimate of drug-likeness (QED) is 0.0274. The number of benzene rings is 13. The van der Waals surface area contributed by atoms with Crippen molar-refractivity contribution in [3.63, 3.8) is 0 Å². The van der Waals surface area contributed by atoms with E-state index >= 15 is 0 Å². The summed E-state index contributed by atoms with van der Waals surface area (Å²) in [5.74, 6) is 7.34. The van der Waals surface area contributed by atoms with Crippen LogP contribution in [-0.2, 0) is 32.1 Å². The van der Waals surface area contributed by atoms with Crippen LogP contribution in [-0.4, -0.2) is 0 Å². The molecular formula is C92H118. The number of fused-ring (bicyclic) bond motifs is 6. The Kier molecular flexibility index (Phi) is 19.4. The highest BCUT2D eigenvalue weighted by atomic mass is 14.4. The molecule has 5 atom stereocenters. The van der Waals surface area contributed by atoms with Crippen LogP contribution in [0.5, 0.6) is 0 Å². The zero-order chi connectivity index (χ0) is 64.4. The molecule has 0 aliphatic rings. The second-order valence-electron chi connectivity index (χ2n) is 34.2. The summed E-state index contributed by atoms with van der Waals surface area (Å²) in [4.78, 5) is 0. The van der Waals surface area contributed by atoms with Crippen molar-refractivity contribution in [2.45, 2.75) is 264 Å². The molecule has 0 spiro atoms. The molecule has 13 aromatic carbocycles. The monoisotopic (exact) mass is 1220 g/mol. The minimum Gasteiger partial charge on any atom is -0.0628 e. The van der Waals surface area contributed by atoms with Crippen LogP contribution in [0.15, 0.2) is 78.9 Å². The van der Waals surface area contributed by atoms with Crippen LogP contribution in [0.1, 0.15) is 260 Å². The zero-order valence-corrected chi connectivity index (χ0v) is 60.5. The molecule has 5 unspecified atom stereocenters. The molecule has 92 heavy (non-hydrogen) atoms. The van der Waals surface area contributed by atoms with Gasteiger partial charge in [0.15, 0.2) is 0 Å². The van der Waals surface area contributed by atoms with E-state index in [-0.39, 0.29) is 0 Å². The van der Waals surface area contributed by atoms with Crippen LogP contribution in [0.3, 0.4) is 0 Å². The van der Waals surface area contributed by atoms with Gasteiger partial charge < -0.3 is 0 Å². The molecule has 0 saturated heterocycles. The molecule has 0 N–H and O–H groups in total. The minimum atomic E-state index is 0.698. The van der Waals surface area contributed by atoms with E-state index < -0.39 is 0 Å². The minimum absolute atomic E-state index is 0.698. The van der Waals surface area contributed by atoms with Gasteiger partial charge in [0.1, 0.15) is 0 Å². The van der Waals surface area contributed by atoms with E-state index in [1.165, 1.54) is 231 Å². The normalized spacial score (nSPS) is 15.0. The van der Waals surface area contributed by atoms with Crippen molar-refractivity contribution >= 4 is 129 Å². The molecule has 0 heterocycles. The van der Waals surface area contributed by atoms with Crippen LogP contribution in [0.4, 0.5) is 0 Å². The summed E-state index contributed by atoms with van der Waals surface area (Å²) in [5.41, 5.74) is 7.68. The molecule has 13 rings (SSSR count). The van der Waals surface area contributed by atoms with Crippen LogP contribution >= 0.6 is 0 Å². The van der Waals surface area contributed by atoms with Gasteiger partial charge in [-0.05, 0) is 280 Å². The van der Waals surface area contributed by atoms with Gasteiger partial charge in [0.05, 0.1) is 0 Å². The second kappa shape index (κ2) is 27.3. The molecule has 0 heteroatoms. The van der Waals surface area contributed by atoms with Gasteiger partial charge in [-0.1, -0.05) is 279 Å². The maximum atomic E-state index is 2.77. The van der Waals surface area contributed by atoms with E-state index in [4.69, 9.17) is 0 Å². The first kappa shape index (κ1) is 65.2. The Morgan fingerprint density at radius 2 is 0.348 bits per heavy atom.